The Balaban J connectivity index is 2.41. The molecule has 0 spiro atoms. The van der Waals surface area contributed by atoms with Gasteiger partial charge in [0, 0.05) is 5.41 Å². The molecule has 0 heterocycles. The molecule has 1 aliphatic rings. The van der Waals surface area contributed by atoms with E-state index >= 15 is 0 Å². The largest absolute Gasteiger partial charge is 0.497 e. The van der Waals surface area contributed by atoms with Crippen LogP contribution in [-0.4, -0.2) is 17.8 Å². The monoisotopic (exact) mass is 245 g/mol. The Morgan fingerprint density at radius 3 is 2.39 bits per heavy atom. The van der Waals surface area contributed by atoms with Crippen LogP contribution in [0.5, 0.6) is 5.75 Å². The molecule has 0 saturated heterocycles. The fourth-order valence-corrected chi connectivity index (χ4v) is 2.86. The predicted octanol–water partition coefficient (Wildman–Crippen LogP) is 2.78. The zero-order chi connectivity index (χ0) is 13.2. The summed E-state index contributed by atoms with van der Waals surface area (Å²) in [4.78, 5) is 0. The molecule has 0 amide bonds. The molecule has 1 aromatic carbocycles. The molecule has 0 aromatic heterocycles. The van der Waals surface area contributed by atoms with Crippen molar-refractivity contribution in [2.45, 2.75) is 43.6 Å². The lowest BCUT2D eigenvalue weighted by Crippen LogP contribution is -2.51. The van der Waals surface area contributed by atoms with Crippen LogP contribution in [0, 0.1) is 11.3 Å². The van der Waals surface area contributed by atoms with Gasteiger partial charge in [0.25, 0.3) is 0 Å². The van der Waals surface area contributed by atoms with Crippen LogP contribution >= 0.6 is 0 Å². The van der Waals surface area contributed by atoms with Gasteiger partial charge in [-0.1, -0.05) is 25.5 Å². The van der Waals surface area contributed by atoms with Crippen LogP contribution in [0.4, 0.5) is 0 Å². The van der Waals surface area contributed by atoms with E-state index in [9.17, 15) is 10.4 Å². The maximum absolute atomic E-state index is 10.6. The lowest BCUT2D eigenvalue weighted by atomic mass is 9.61. The molecule has 96 valence electrons. The summed E-state index contributed by atoms with van der Waals surface area (Å²) in [5.41, 5.74) is -0.751. The zero-order valence-electron chi connectivity index (χ0n) is 10.9. The van der Waals surface area contributed by atoms with Gasteiger partial charge in [0.15, 0.2) is 5.60 Å². The summed E-state index contributed by atoms with van der Waals surface area (Å²) >= 11 is 0. The highest BCUT2D eigenvalue weighted by Gasteiger charge is 2.50. The number of nitrogens with zero attached hydrogens (tertiary/aromatic N) is 1. The quantitative estimate of drug-likeness (QED) is 0.815. The summed E-state index contributed by atoms with van der Waals surface area (Å²) in [6.45, 7) is 1.98. The SMILES string of the molecule is COc1ccc(C2(C)CCCCC2(O)C#N)cc1. The smallest absolute Gasteiger partial charge is 0.160 e. The zero-order valence-corrected chi connectivity index (χ0v) is 10.9. The van der Waals surface area contributed by atoms with Crippen molar-refractivity contribution in [3.05, 3.63) is 29.8 Å². The molecule has 1 saturated carbocycles. The van der Waals surface area contributed by atoms with Crippen LogP contribution in [0.15, 0.2) is 24.3 Å². The highest BCUT2D eigenvalue weighted by Crippen LogP contribution is 2.46. The summed E-state index contributed by atoms with van der Waals surface area (Å²) in [5.74, 6) is 0.790. The first kappa shape index (κ1) is 12.9. The van der Waals surface area contributed by atoms with E-state index in [1.54, 1.807) is 7.11 Å². The number of nitriles is 1. The normalized spacial score (nSPS) is 31.7. The van der Waals surface area contributed by atoms with Gasteiger partial charge in [-0.05, 0) is 37.0 Å². The van der Waals surface area contributed by atoms with Gasteiger partial charge in [0.2, 0.25) is 0 Å². The maximum Gasteiger partial charge on any atom is 0.160 e. The van der Waals surface area contributed by atoms with Gasteiger partial charge in [0.05, 0.1) is 13.2 Å². The Morgan fingerprint density at radius 1 is 1.22 bits per heavy atom. The van der Waals surface area contributed by atoms with E-state index in [0.717, 1.165) is 30.6 Å². The first-order chi connectivity index (χ1) is 8.55. The van der Waals surface area contributed by atoms with E-state index in [-0.39, 0.29) is 0 Å². The second-order valence-corrected chi connectivity index (χ2v) is 5.24. The minimum absolute atomic E-state index is 0.494. The van der Waals surface area contributed by atoms with Gasteiger partial charge in [-0.2, -0.15) is 5.26 Å². The third-order valence-electron chi connectivity index (χ3n) is 4.29. The average Bonchev–Trinajstić information content (AvgIpc) is 2.42. The lowest BCUT2D eigenvalue weighted by molar-refractivity contribution is -0.0140. The van der Waals surface area contributed by atoms with E-state index in [4.69, 9.17) is 4.74 Å². The van der Waals surface area contributed by atoms with E-state index in [1.807, 2.05) is 31.2 Å². The van der Waals surface area contributed by atoms with Crippen LogP contribution in [0.3, 0.4) is 0 Å². The number of benzene rings is 1. The Kier molecular flexibility index (Phi) is 3.32. The predicted molar refractivity (Wildman–Crippen MR) is 69.4 cm³/mol. The van der Waals surface area contributed by atoms with Crippen molar-refractivity contribution in [3.63, 3.8) is 0 Å². The lowest BCUT2D eigenvalue weighted by Gasteiger charge is -2.44. The average molecular weight is 245 g/mol. The maximum atomic E-state index is 10.6. The molecule has 18 heavy (non-hydrogen) atoms. The van der Waals surface area contributed by atoms with Crippen molar-refractivity contribution in [1.82, 2.24) is 0 Å². The molecule has 0 aliphatic heterocycles. The van der Waals surface area contributed by atoms with Crippen molar-refractivity contribution < 1.29 is 9.84 Å². The summed E-state index contributed by atoms with van der Waals surface area (Å²) < 4.78 is 5.14. The van der Waals surface area contributed by atoms with Crippen molar-refractivity contribution in [2.24, 2.45) is 0 Å². The number of rotatable bonds is 2. The van der Waals surface area contributed by atoms with E-state index in [2.05, 4.69) is 6.07 Å². The Hall–Kier alpha value is -1.53. The van der Waals surface area contributed by atoms with Crippen molar-refractivity contribution in [3.8, 4) is 11.8 Å². The van der Waals surface area contributed by atoms with Crippen molar-refractivity contribution in [1.29, 1.82) is 5.26 Å². The molecule has 3 nitrogen and oxygen atoms in total. The molecule has 1 aromatic rings. The second kappa shape index (κ2) is 4.62. The van der Waals surface area contributed by atoms with Gasteiger partial charge in [-0.25, -0.2) is 0 Å². The summed E-state index contributed by atoms with van der Waals surface area (Å²) in [6.07, 6.45) is 3.34. The van der Waals surface area contributed by atoms with Crippen LogP contribution < -0.4 is 4.74 Å². The second-order valence-electron chi connectivity index (χ2n) is 5.24. The van der Waals surface area contributed by atoms with Gasteiger partial charge < -0.3 is 9.84 Å². The highest BCUT2D eigenvalue weighted by molar-refractivity contribution is 5.37. The van der Waals surface area contributed by atoms with Crippen LogP contribution in [0.2, 0.25) is 0 Å². The Bertz CT molecular complexity index is 462. The van der Waals surface area contributed by atoms with Crippen LogP contribution in [-0.2, 0) is 5.41 Å². The molecule has 0 bridgehead atoms. The Labute approximate surface area is 108 Å². The number of methoxy groups -OCH3 is 1. The number of aliphatic hydroxyl groups is 1. The molecule has 3 heteroatoms. The van der Waals surface area contributed by atoms with Crippen molar-refractivity contribution >= 4 is 0 Å². The number of hydrogen-bond donors (Lipinski definition) is 1. The third kappa shape index (κ3) is 1.87. The molecule has 1 fully saturated rings. The molecular formula is C15H19NO2. The molecule has 1 aliphatic carbocycles. The molecule has 0 radical (unpaired) electrons. The summed E-state index contributed by atoms with van der Waals surface area (Å²) in [7, 11) is 1.63. The first-order valence-corrected chi connectivity index (χ1v) is 6.34. The minimum Gasteiger partial charge on any atom is -0.497 e. The third-order valence-corrected chi connectivity index (χ3v) is 4.29. The van der Waals surface area contributed by atoms with Crippen LogP contribution in [0.25, 0.3) is 0 Å². The topological polar surface area (TPSA) is 53.2 Å². The fraction of sp³-hybridized carbons (Fsp3) is 0.533. The van der Waals surface area contributed by atoms with E-state index < -0.39 is 11.0 Å². The standard InChI is InChI=1S/C15H19NO2/c1-14(9-3-4-10-15(14,17)11-16)12-5-7-13(18-2)8-6-12/h5-8,17H,3-4,9-10H2,1-2H3. The molecular weight excluding hydrogens is 226 g/mol. The minimum atomic E-state index is -1.26. The van der Waals surface area contributed by atoms with Gasteiger partial charge in [-0.15, -0.1) is 0 Å². The Morgan fingerprint density at radius 2 is 1.83 bits per heavy atom. The van der Waals surface area contributed by atoms with E-state index in [1.165, 1.54) is 0 Å². The fourth-order valence-electron chi connectivity index (χ4n) is 2.86. The van der Waals surface area contributed by atoms with Crippen LogP contribution in [0.1, 0.15) is 38.2 Å². The molecule has 1 N–H and O–H groups in total. The number of hydrogen-bond acceptors (Lipinski definition) is 3. The van der Waals surface area contributed by atoms with Crippen molar-refractivity contribution in [2.75, 3.05) is 7.11 Å². The van der Waals surface area contributed by atoms with Gasteiger partial charge >= 0.3 is 0 Å². The van der Waals surface area contributed by atoms with Gasteiger partial charge in [-0.3, -0.25) is 0 Å². The highest BCUT2D eigenvalue weighted by atomic mass is 16.5. The summed E-state index contributed by atoms with van der Waals surface area (Å²) in [6, 6.07) is 9.79. The molecule has 2 rings (SSSR count). The molecule has 2 unspecified atom stereocenters. The van der Waals surface area contributed by atoms with E-state index in [0.29, 0.717) is 6.42 Å². The molecule has 2 atom stereocenters. The summed E-state index contributed by atoms with van der Waals surface area (Å²) in [5, 5.41) is 19.9. The van der Waals surface area contributed by atoms with Gasteiger partial charge in [0.1, 0.15) is 5.75 Å². The number of ether oxygens (including phenoxy) is 1. The first-order valence-electron chi connectivity index (χ1n) is 6.34.